The number of methoxy groups -OCH3 is 2. The van der Waals surface area contributed by atoms with E-state index in [1.165, 1.54) is 80.9 Å². The molecule has 7 rings (SSSR count). The fourth-order valence-corrected chi connectivity index (χ4v) is 12.3. The molecular weight excluding hydrogens is 1200 g/mol. The van der Waals surface area contributed by atoms with Crippen molar-refractivity contribution in [1.29, 1.82) is 0 Å². The molecule has 0 unspecified atom stereocenters. The molecule has 502 valence electrons. The van der Waals surface area contributed by atoms with Gasteiger partial charge in [-0.25, -0.2) is 14.6 Å². The maximum absolute atomic E-state index is 15.3. The molecule has 30 heteroatoms. The van der Waals surface area contributed by atoms with Gasteiger partial charge in [0.05, 0.1) is 44.1 Å². The monoisotopic (exact) mass is 1290 g/mol. The number of anilines is 1. The summed E-state index contributed by atoms with van der Waals surface area (Å²) in [4.78, 5) is 200. The lowest BCUT2D eigenvalue weighted by Gasteiger charge is -2.36. The van der Waals surface area contributed by atoms with Gasteiger partial charge in [0.25, 0.3) is 11.8 Å². The number of esters is 2. The lowest BCUT2D eigenvalue weighted by molar-refractivity contribution is -0.163. The minimum atomic E-state index is -1.94. The van der Waals surface area contributed by atoms with Crippen molar-refractivity contribution < 1.29 is 80.9 Å². The van der Waals surface area contributed by atoms with Crippen LogP contribution in [0.25, 0.3) is 22.6 Å². The predicted molar refractivity (Wildman–Crippen MR) is 329 cm³/mol. The van der Waals surface area contributed by atoms with Gasteiger partial charge in [0.15, 0.2) is 17.1 Å². The van der Waals surface area contributed by atoms with Crippen LogP contribution in [-0.4, -0.2) is 235 Å². The van der Waals surface area contributed by atoms with Gasteiger partial charge in [-0.1, -0.05) is 55.4 Å². The first-order chi connectivity index (χ1) is 43.2. The Balaban J connectivity index is 1.35. The minimum absolute atomic E-state index is 0.0918. The number of aromatic nitrogens is 1. The Hall–Kier alpha value is -9.12. The van der Waals surface area contributed by atoms with Crippen molar-refractivity contribution in [2.24, 2.45) is 23.7 Å². The number of rotatable bonds is 10. The average Bonchev–Trinajstić information content (AvgIpc) is 0.939. The highest BCUT2D eigenvalue weighted by molar-refractivity contribution is 6.11. The fraction of sp³-hybridized carbons (Fsp3) is 0.613. The standard InChI is InChI=1S/C62H86N12O18/c1-27(2)41-59(84)73-23-17-19-34(73)57(82)69(11)25-37(75)71(13)47(29(5)6)61(86)90-31(9)43(55(80)65-41)67-53(78)33-21-22-36(88-15)50-45(33)64-46-39(40(63)49(77)52(89-16)51(46)92-50)54(79)68-44-32(10)91-62(87)48(30(7)8)72(14)38(76)26-70(12)58(83)35-20-18-24-74(35)60(85)42(28(3)4)66-56(44)81/h21-22,27-32,34-35,41-44,47-48H,17-20,23-26,63H2,1-16H3,(H,65,80)(H,66,81)(H,67,78)(H,68,79)/t31-,32-,34+,35+,41-,42-,43+,44+,47+,48+/m1/s1. The summed E-state index contributed by atoms with van der Waals surface area (Å²) in [5, 5.41) is 10.6. The van der Waals surface area contributed by atoms with Gasteiger partial charge in [0.1, 0.15) is 71.8 Å². The molecule has 30 nitrogen and oxygen atoms in total. The molecule has 1 aliphatic carbocycles. The van der Waals surface area contributed by atoms with Gasteiger partial charge in [-0.15, -0.1) is 0 Å². The highest BCUT2D eigenvalue weighted by Gasteiger charge is 2.47. The topological polar surface area (TPSA) is 378 Å². The zero-order valence-corrected chi connectivity index (χ0v) is 55.0. The normalized spacial score (nSPS) is 25.8. The molecule has 5 heterocycles. The number of carbonyl (C=O) groups excluding carboxylic acids is 12. The molecule has 0 radical (unpaired) electrons. The number of nitrogen functional groups attached to an aromatic ring is 1. The molecule has 0 aromatic heterocycles. The predicted octanol–water partition coefficient (Wildman–Crippen LogP) is 0.126. The van der Waals surface area contributed by atoms with E-state index < -0.39 is 213 Å². The van der Waals surface area contributed by atoms with E-state index in [0.717, 1.165) is 16.9 Å². The molecule has 4 saturated heterocycles. The summed E-state index contributed by atoms with van der Waals surface area (Å²) < 4.78 is 29.3. The van der Waals surface area contributed by atoms with Crippen molar-refractivity contribution in [3.8, 4) is 23.0 Å². The van der Waals surface area contributed by atoms with E-state index in [1.807, 2.05) is 0 Å². The van der Waals surface area contributed by atoms with Crippen LogP contribution in [0.1, 0.15) is 116 Å². The lowest BCUT2D eigenvalue weighted by atomic mass is 9.99. The van der Waals surface area contributed by atoms with Crippen LogP contribution in [0.2, 0.25) is 0 Å². The number of likely N-dealkylation sites (N-methyl/N-ethyl adjacent to an activating group) is 4. The number of benzene rings is 2. The first-order valence-electron chi connectivity index (χ1n) is 30.8. The van der Waals surface area contributed by atoms with Crippen molar-refractivity contribution in [2.75, 3.05) is 74.3 Å². The Bertz CT molecular complexity index is 3460. The first-order valence-corrected chi connectivity index (χ1v) is 30.8. The maximum Gasteiger partial charge on any atom is 0.329 e. The summed E-state index contributed by atoms with van der Waals surface area (Å²) in [6, 6.07) is -8.47. The third-order valence-electron chi connectivity index (χ3n) is 17.4. The molecule has 10 amide bonds. The lowest BCUT2D eigenvalue weighted by Crippen LogP contribution is -2.61. The molecule has 4 fully saturated rings. The SMILES string of the molecule is COc1c2oc3c(OC)ccc(C(=O)N[C@@H]4C(=O)N[C@H](C(C)C)C(=O)N5CCC[C@H]5C(=O)N(C)CC(=O)N(C)[C@@H](C(C)C)C(=O)O[C@@H]4C)c3nc-2c(C(=O)N[C@@H]2C(=O)N[C@H](C(C)C)C(=O)N3CCC[C@H]3C(=O)N(C)CC(=O)N(C)[C@@H](C(C)C)C(=O)O[C@@H]2C)c(N)c1=O. The Morgan fingerprint density at radius 1 is 0.620 bits per heavy atom. The molecule has 6 aliphatic rings. The van der Waals surface area contributed by atoms with Crippen molar-refractivity contribution in [1.82, 2.24) is 55.7 Å². The molecule has 1 aromatic rings. The van der Waals surface area contributed by atoms with Gasteiger partial charge in [-0.3, -0.25) is 52.7 Å². The Kier molecular flexibility index (Phi) is 21.9. The molecule has 6 N–H and O–H groups in total. The molecule has 0 spiro atoms. The molecule has 1 aromatic carbocycles. The summed E-state index contributed by atoms with van der Waals surface area (Å²) in [7, 11) is 7.89. The van der Waals surface area contributed by atoms with E-state index in [1.54, 1.807) is 55.4 Å². The van der Waals surface area contributed by atoms with E-state index >= 15 is 9.59 Å². The second-order valence-corrected chi connectivity index (χ2v) is 25.3. The molecule has 0 bridgehead atoms. The molecule has 92 heavy (non-hydrogen) atoms. The summed E-state index contributed by atoms with van der Waals surface area (Å²) in [6.07, 6.45) is -1.80. The van der Waals surface area contributed by atoms with E-state index in [9.17, 15) is 52.7 Å². The number of nitrogens with two attached hydrogens (primary N) is 1. The molecule has 0 saturated carbocycles. The Morgan fingerprint density at radius 2 is 1.05 bits per heavy atom. The third kappa shape index (κ3) is 14.0. The van der Waals surface area contributed by atoms with Crippen LogP contribution < -0.4 is 41.9 Å². The highest BCUT2D eigenvalue weighted by Crippen LogP contribution is 2.40. The number of hydrogen-bond donors (Lipinski definition) is 5. The van der Waals surface area contributed by atoms with E-state index in [0.29, 0.717) is 12.8 Å². The number of hydrogen-bond acceptors (Lipinski definition) is 20. The van der Waals surface area contributed by atoms with Crippen LogP contribution in [-0.2, 0) is 57.4 Å². The summed E-state index contributed by atoms with van der Waals surface area (Å²) in [5.74, 6) is -13.8. The number of ether oxygens (including phenoxy) is 4. The first kappa shape index (κ1) is 70.3. The summed E-state index contributed by atoms with van der Waals surface area (Å²) >= 11 is 0. The van der Waals surface area contributed by atoms with Crippen LogP contribution in [0, 0.1) is 23.7 Å². The van der Waals surface area contributed by atoms with Crippen LogP contribution in [0.4, 0.5) is 5.69 Å². The number of fused-ring (bicyclic) bond motifs is 4. The average molecular weight is 1290 g/mol. The smallest absolute Gasteiger partial charge is 0.329 e. The van der Waals surface area contributed by atoms with Gasteiger partial charge in [0.2, 0.25) is 58.4 Å². The largest absolute Gasteiger partial charge is 0.493 e. The van der Waals surface area contributed by atoms with Crippen LogP contribution in [0.15, 0.2) is 21.3 Å². The van der Waals surface area contributed by atoms with Crippen LogP contribution in [0.3, 0.4) is 0 Å². The number of cyclic esters (lactones) is 2. The summed E-state index contributed by atoms with van der Waals surface area (Å²) in [6.45, 7) is 15.2. The van der Waals surface area contributed by atoms with Crippen LogP contribution >= 0.6 is 0 Å². The van der Waals surface area contributed by atoms with Crippen molar-refractivity contribution in [2.45, 2.75) is 155 Å². The van der Waals surface area contributed by atoms with E-state index in [-0.39, 0.29) is 37.3 Å². The second-order valence-electron chi connectivity index (χ2n) is 25.3. The highest BCUT2D eigenvalue weighted by atomic mass is 16.6. The third-order valence-corrected chi connectivity index (χ3v) is 17.4. The maximum atomic E-state index is 15.3. The van der Waals surface area contributed by atoms with Crippen molar-refractivity contribution in [3.63, 3.8) is 0 Å². The zero-order valence-electron chi connectivity index (χ0n) is 55.0. The summed E-state index contributed by atoms with van der Waals surface area (Å²) in [5.41, 5.74) is 2.18. The van der Waals surface area contributed by atoms with Gasteiger partial charge >= 0.3 is 11.9 Å². The Labute approximate surface area is 532 Å². The molecule has 10 atom stereocenters. The van der Waals surface area contributed by atoms with E-state index in [4.69, 9.17) is 34.1 Å². The fourth-order valence-electron chi connectivity index (χ4n) is 12.3. The quantitative estimate of drug-likeness (QED) is 0.102. The van der Waals surface area contributed by atoms with Crippen LogP contribution in [0.5, 0.6) is 11.5 Å². The van der Waals surface area contributed by atoms with Gasteiger partial charge in [0, 0.05) is 41.3 Å². The molecular formula is C62H86N12O18. The number of nitrogens with one attached hydrogen (secondary N) is 4. The number of amides is 10. The van der Waals surface area contributed by atoms with Crippen molar-refractivity contribution in [3.05, 3.63) is 33.5 Å². The zero-order chi connectivity index (χ0) is 68.4. The van der Waals surface area contributed by atoms with Gasteiger partial charge in [-0.2, -0.15) is 0 Å². The minimum Gasteiger partial charge on any atom is -0.493 e. The van der Waals surface area contributed by atoms with Gasteiger partial charge < -0.3 is 79.8 Å². The number of nitrogens with zero attached hydrogens (tertiary/aromatic N) is 7. The Morgan fingerprint density at radius 3 is 1.46 bits per heavy atom. The number of carbonyl (C=O) groups is 12. The van der Waals surface area contributed by atoms with Gasteiger partial charge in [-0.05, 0) is 75.3 Å². The molecule has 5 aliphatic heterocycles. The van der Waals surface area contributed by atoms with E-state index in [2.05, 4.69) is 21.3 Å². The second kappa shape index (κ2) is 28.6. The van der Waals surface area contributed by atoms with Crippen molar-refractivity contribution >= 4 is 87.8 Å².